The molecule has 2 atom stereocenters. The van der Waals surface area contributed by atoms with Gasteiger partial charge in [0.1, 0.15) is 11.3 Å². The fourth-order valence-electron chi connectivity index (χ4n) is 3.54. The topological polar surface area (TPSA) is 52.0 Å². The highest BCUT2D eigenvalue weighted by molar-refractivity contribution is 5.71. The number of imidazole rings is 1. The van der Waals surface area contributed by atoms with Crippen molar-refractivity contribution in [2.45, 2.75) is 44.2 Å². The van der Waals surface area contributed by atoms with Crippen molar-refractivity contribution in [3.05, 3.63) is 24.2 Å². The molecule has 2 aliphatic heterocycles. The van der Waals surface area contributed by atoms with Gasteiger partial charge in [0.05, 0.1) is 6.61 Å². The Morgan fingerprint density at radius 1 is 1.33 bits per heavy atom. The molecule has 2 saturated heterocycles. The van der Waals surface area contributed by atoms with Gasteiger partial charge in [-0.25, -0.2) is 9.97 Å². The van der Waals surface area contributed by atoms with E-state index in [0.717, 1.165) is 49.7 Å². The molecular formula is C16H22N4O. The fourth-order valence-corrected chi connectivity index (χ4v) is 3.54. The zero-order valence-electron chi connectivity index (χ0n) is 12.3. The SMILES string of the molecule is c1cnc2c(c1)nc(C1CCCOC1)n2CC1CCCN1. The van der Waals surface area contributed by atoms with Gasteiger partial charge in [0.2, 0.25) is 0 Å². The lowest BCUT2D eigenvalue weighted by atomic mass is 10.0. The summed E-state index contributed by atoms with van der Waals surface area (Å²) in [5.41, 5.74) is 2.03. The average molecular weight is 286 g/mol. The Morgan fingerprint density at radius 2 is 2.33 bits per heavy atom. The van der Waals surface area contributed by atoms with Gasteiger partial charge in [0.25, 0.3) is 0 Å². The quantitative estimate of drug-likeness (QED) is 0.938. The summed E-state index contributed by atoms with van der Waals surface area (Å²) in [5.74, 6) is 1.58. The Kier molecular flexibility index (Phi) is 3.61. The highest BCUT2D eigenvalue weighted by atomic mass is 16.5. The van der Waals surface area contributed by atoms with Gasteiger partial charge in [-0.15, -0.1) is 0 Å². The van der Waals surface area contributed by atoms with Crippen LogP contribution < -0.4 is 5.32 Å². The minimum atomic E-state index is 0.411. The highest BCUT2D eigenvalue weighted by Crippen LogP contribution is 2.28. The van der Waals surface area contributed by atoms with Gasteiger partial charge < -0.3 is 14.6 Å². The van der Waals surface area contributed by atoms with Crippen LogP contribution in [0.4, 0.5) is 0 Å². The molecule has 2 unspecified atom stereocenters. The van der Waals surface area contributed by atoms with E-state index in [-0.39, 0.29) is 0 Å². The number of hydrogen-bond acceptors (Lipinski definition) is 4. The maximum absolute atomic E-state index is 5.67. The third-order valence-corrected chi connectivity index (χ3v) is 4.62. The first-order chi connectivity index (χ1) is 10.4. The summed E-state index contributed by atoms with van der Waals surface area (Å²) in [4.78, 5) is 9.44. The molecule has 4 heterocycles. The molecule has 2 fully saturated rings. The summed E-state index contributed by atoms with van der Waals surface area (Å²) in [6.07, 6.45) is 6.67. The first-order valence-corrected chi connectivity index (χ1v) is 8.04. The van der Waals surface area contributed by atoms with Crippen molar-refractivity contribution in [3.8, 4) is 0 Å². The summed E-state index contributed by atoms with van der Waals surface area (Å²) in [6.45, 7) is 3.78. The molecule has 0 aromatic carbocycles. The minimum absolute atomic E-state index is 0.411. The zero-order valence-corrected chi connectivity index (χ0v) is 12.3. The normalized spacial score (nSPS) is 26.5. The number of fused-ring (bicyclic) bond motifs is 1. The lowest BCUT2D eigenvalue weighted by Gasteiger charge is -2.23. The third-order valence-electron chi connectivity index (χ3n) is 4.62. The minimum Gasteiger partial charge on any atom is -0.381 e. The van der Waals surface area contributed by atoms with Crippen LogP contribution >= 0.6 is 0 Å². The molecule has 2 aromatic heterocycles. The van der Waals surface area contributed by atoms with Crippen LogP contribution in [0.5, 0.6) is 0 Å². The first-order valence-electron chi connectivity index (χ1n) is 8.04. The number of ether oxygens (including phenoxy) is 1. The van der Waals surface area contributed by atoms with E-state index in [1.807, 2.05) is 12.3 Å². The molecule has 112 valence electrons. The second-order valence-electron chi connectivity index (χ2n) is 6.13. The molecule has 0 aliphatic carbocycles. The van der Waals surface area contributed by atoms with Gasteiger partial charge >= 0.3 is 0 Å². The van der Waals surface area contributed by atoms with Crippen LogP contribution in [0.25, 0.3) is 11.2 Å². The summed E-state index contributed by atoms with van der Waals surface area (Å²) in [6, 6.07) is 4.58. The number of aromatic nitrogens is 3. The number of hydrogen-bond donors (Lipinski definition) is 1. The van der Waals surface area contributed by atoms with Crippen LogP contribution in [0, 0.1) is 0 Å². The molecule has 1 N–H and O–H groups in total. The molecule has 0 saturated carbocycles. The molecule has 0 bridgehead atoms. The van der Waals surface area contributed by atoms with E-state index >= 15 is 0 Å². The molecule has 0 amide bonds. The van der Waals surface area contributed by atoms with Crippen molar-refractivity contribution in [2.24, 2.45) is 0 Å². The van der Waals surface area contributed by atoms with E-state index < -0.39 is 0 Å². The maximum atomic E-state index is 5.67. The molecule has 4 rings (SSSR count). The Hall–Kier alpha value is -1.46. The van der Waals surface area contributed by atoms with Crippen LogP contribution in [0.1, 0.15) is 37.4 Å². The first kappa shape index (κ1) is 13.2. The van der Waals surface area contributed by atoms with E-state index in [0.29, 0.717) is 12.0 Å². The van der Waals surface area contributed by atoms with Crippen molar-refractivity contribution >= 4 is 11.2 Å². The summed E-state index contributed by atoms with van der Waals surface area (Å²) in [7, 11) is 0. The predicted octanol–water partition coefficient (Wildman–Crippen LogP) is 2.08. The monoisotopic (exact) mass is 286 g/mol. The Labute approximate surface area is 124 Å². The average Bonchev–Trinajstić information content (AvgIpc) is 3.17. The molecular weight excluding hydrogens is 264 g/mol. The maximum Gasteiger partial charge on any atom is 0.160 e. The number of pyridine rings is 1. The van der Waals surface area contributed by atoms with Crippen molar-refractivity contribution < 1.29 is 4.74 Å². The van der Waals surface area contributed by atoms with Crippen LogP contribution in [0.15, 0.2) is 18.3 Å². The van der Waals surface area contributed by atoms with Crippen molar-refractivity contribution in [1.82, 2.24) is 19.9 Å². The predicted molar refractivity (Wildman–Crippen MR) is 81.3 cm³/mol. The van der Waals surface area contributed by atoms with E-state index in [2.05, 4.69) is 20.9 Å². The summed E-state index contributed by atoms with van der Waals surface area (Å²) < 4.78 is 8.00. The fraction of sp³-hybridized carbons (Fsp3) is 0.625. The molecule has 5 heteroatoms. The molecule has 2 aliphatic rings. The number of nitrogens with one attached hydrogen (secondary N) is 1. The standard InChI is InChI=1S/C16H22N4O/c1-5-13(17-7-1)10-20-15(12-4-3-9-21-11-12)19-14-6-2-8-18-16(14)20/h2,6,8,12-13,17H,1,3-5,7,9-11H2. The van der Waals surface area contributed by atoms with Crippen LogP contribution in [-0.2, 0) is 11.3 Å². The van der Waals surface area contributed by atoms with Gasteiger partial charge in [0, 0.05) is 31.3 Å². The van der Waals surface area contributed by atoms with E-state index in [4.69, 9.17) is 9.72 Å². The Morgan fingerprint density at radius 3 is 3.14 bits per heavy atom. The second kappa shape index (κ2) is 5.73. The second-order valence-corrected chi connectivity index (χ2v) is 6.13. The number of rotatable bonds is 3. The van der Waals surface area contributed by atoms with Crippen molar-refractivity contribution in [2.75, 3.05) is 19.8 Å². The molecule has 5 nitrogen and oxygen atoms in total. The zero-order chi connectivity index (χ0) is 14.1. The smallest absolute Gasteiger partial charge is 0.160 e. The Bertz CT molecular complexity index is 612. The Balaban J connectivity index is 1.72. The van der Waals surface area contributed by atoms with Gasteiger partial charge in [-0.3, -0.25) is 0 Å². The lowest BCUT2D eigenvalue weighted by molar-refractivity contribution is 0.0770. The largest absolute Gasteiger partial charge is 0.381 e. The van der Waals surface area contributed by atoms with Gasteiger partial charge in [0.15, 0.2) is 5.65 Å². The van der Waals surface area contributed by atoms with E-state index in [9.17, 15) is 0 Å². The molecule has 2 aromatic rings. The molecule has 0 radical (unpaired) electrons. The van der Waals surface area contributed by atoms with Crippen LogP contribution in [0.2, 0.25) is 0 Å². The molecule has 0 spiro atoms. The van der Waals surface area contributed by atoms with E-state index in [1.165, 1.54) is 19.3 Å². The summed E-state index contributed by atoms with van der Waals surface area (Å²) in [5, 5.41) is 3.58. The van der Waals surface area contributed by atoms with Gasteiger partial charge in [-0.05, 0) is 44.4 Å². The van der Waals surface area contributed by atoms with Crippen LogP contribution in [0.3, 0.4) is 0 Å². The molecule has 21 heavy (non-hydrogen) atoms. The van der Waals surface area contributed by atoms with Crippen molar-refractivity contribution in [1.29, 1.82) is 0 Å². The van der Waals surface area contributed by atoms with Gasteiger partial charge in [-0.1, -0.05) is 0 Å². The highest BCUT2D eigenvalue weighted by Gasteiger charge is 2.25. The number of nitrogens with zero attached hydrogens (tertiary/aromatic N) is 3. The lowest BCUT2D eigenvalue weighted by Crippen LogP contribution is -2.29. The third kappa shape index (κ3) is 2.56. The van der Waals surface area contributed by atoms with Crippen molar-refractivity contribution in [3.63, 3.8) is 0 Å². The van der Waals surface area contributed by atoms with E-state index in [1.54, 1.807) is 0 Å². The summed E-state index contributed by atoms with van der Waals surface area (Å²) >= 11 is 0. The van der Waals surface area contributed by atoms with Gasteiger partial charge in [-0.2, -0.15) is 0 Å². The van der Waals surface area contributed by atoms with Crippen LogP contribution in [-0.4, -0.2) is 40.3 Å².